The van der Waals surface area contributed by atoms with E-state index in [-0.39, 0.29) is 5.91 Å². The molecule has 0 saturated heterocycles. The first-order valence-corrected chi connectivity index (χ1v) is 6.65. The molecule has 0 saturated carbocycles. The fourth-order valence-corrected chi connectivity index (χ4v) is 2.55. The SMILES string of the molecule is Cc1cc(Br)c(NC(=O)c2cccs2)cc1N. The van der Waals surface area contributed by atoms with Gasteiger partial charge in [0.1, 0.15) is 0 Å². The number of amides is 1. The van der Waals surface area contributed by atoms with Crippen LogP contribution in [-0.4, -0.2) is 5.91 Å². The molecular weight excluding hydrogens is 300 g/mol. The largest absolute Gasteiger partial charge is 0.398 e. The van der Waals surface area contributed by atoms with E-state index in [0.29, 0.717) is 16.3 Å². The zero-order chi connectivity index (χ0) is 12.4. The van der Waals surface area contributed by atoms with Crippen molar-refractivity contribution >= 4 is 44.5 Å². The highest BCUT2D eigenvalue weighted by Crippen LogP contribution is 2.28. The van der Waals surface area contributed by atoms with E-state index in [1.165, 1.54) is 11.3 Å². The lowest BCUT2D eigenvalue weighted by molar-refractivity contribution is 0.103. The summed E-state index contributed by atoms with van der Waals surface area (Å²) in [6, 6.07) is 7.27. The zero-order valence-electron chi connectivity index (χ0n) is 9.16. The van der Waals surface area contributed by atoms with Crippen LogP contribution >= 0.6 is 27.3 Å². The van der Waals surface area contributed by atoms with Gasteiger partial charge in [0, 0.05) is 10.2 Å². The number of hydrogen-bond acceptors (Lipinski definition) is 3. The Bertz CT molecular complexity index is 552. The van der Waals surface area contributed by atoms with Crippen molar-refractivity contribution in [1.29, 1.82) is 0 Å². The van der Waals surface area contributed by atoms with Crippen LogP contribution in [0.15, 0.2) is 34.1 Å². The summed E-state index contributed by atoms with van der Waals surface area (Å²) < 4.78 is 0.828. The van der Waals surface area contributed by atoms with Gasteiger partial charge in [-0.05, 0) is 52.0 Å². The molecule has 3 N–H and O–H groups in total. The number of thiophene rings is 1. The number of anilines is 2. The summed E-state index contributed by atoms with van der Waals surface area (Å²) in [5, 5.41) is 4.69. The minimum absolute atomic E-state index is 0.121. The number of halogens is 1. The lowest BCUT2D eigenvalue weighted by atomic mass is 10.2. The third-order valence-electron chi connectivity index (χ3n) is 2.35. The van der Waals surface area contributed by atoms with Crippen LogP contribution in [-0.2, 0) is 0 Å². The molecule has 2 aromatic rings. The number of carbonyl (C=O) groups excluding carboxylic acids is 1. The van der Waals surface area contributed by atoms with E-state index in [1.54, 1.807) is 12.1 Å². The highest BCUT2D eigenvalue weighted by Gasteiger charge is 2.10. The Labute approximate surface area is 112 Å². The van der Waals surface area contributed by atoms with E-state index < -0.39 is 0 Å². The molecule has 88 valence electrons. The summed E-state index contributed by atoms with van der Waals surface area (Å²) in [5.74, 6) is -0.121. The lowest BCUT2D eigenvalue weighted by Crippen LogP contribution is -2.11. The predicted octanol–water partition coefficient (Wildman–Crippen LogP) is 3.65. The molecule has 17 heavy (non-hydrogen) atoms. The standard InChI is InChI=1S/C12H11BrN2OS/c1-7-5-8(13)10(6-9(7)14)15-12(16)11-3-2-4-17-11/h2-6H,14H2,1H3,(H,15,16). The maximum Gasteiger partial charge on any atom is 0.265 e. The Morgan fingerprint density at radius 1 is 1.47 bits per heavy atom. The second-order valence-corrected chi connectivity index (χ2v) is 5.42. The maximum absolute atomic E-state index is 11.9. The van der Waals surface area contributed by atoms with Crippen molar-refractivity contribution in [3.05, 3.63) is 44.6 Å². The van der Waals surface area contributed by atoms with Gasteiger partial charge in [0.2, 0.25) is 0 Å². The van der Waals surface area contributed by atoms with E-state index in [9.17, 15) is 4.79 Å². The quantitative estimate of drug-likeness (QED) is 0.832. The van der Waals surface area contributed by atoms with Crippen LogP contribution in [0.3, 0.4) is 0 Å². The maximum atomic E-state index is 11.9. The molecule has 0 aliphatic rings. The first-order valence-electron chi connectivity index (χ1n) is 4.98. The number of benzene rings is 1. The molecule has 1 aromatic heterocycles. The van der Waals surface area contributed by atoms with Crippen LogP contribution in [0, 0.1) is 6.92 Å². The van der Waals surface area contributed by atoms with Crippen LogP contribution in [0.4, 0.5) is 11.4 Å². The molecule has 1 aromatic carbocycles. The van der Waals surface area contributed by atoms with E-state index in [1.807, 2.05) is 24.4 Å². The van der Waals surface area contributed by atoms with Gasteiger partial charge in [-0.1, -0.05) is 6.07 Å². The zero-order valence-corrected chi connectivity index (χ0v) is 11.6. The monoisotopic (exact) mass is 310 g/mol. The van der Waals surface area contributed by atoms with Gasteiger partial charge in [-0.15, -0.1) is 11.3 Å². The summed E-state index contributed by atoms with van der Waals surface area (Å²) in [6.45, 7) is 1.92. The van der Waals surface area contributed by atoms with Gasteiger partial charge in [0.25, 0.3) is 5.91 Å². The van der Waals surface area contributed by atoms with Crippen LogP contribution in [0.5, 0.6) is 0 Å². The van der Waals surface area contributed by atoms with Crippen LogP contribution in [0.25, 0.3) is 0 Å². The van der Waals surface area contributed by atoms with Gasteiger partial charge in [-0.25, -0.2) is 0 Å². The van der Waals surface area contributed by atoms with Crippen molar-refractivity contribution in [2.45, 2.75) is 6.92 Å². The minimum atomic E-state index is -0.121. The number of nitrogens with two attached hydrogens (primary N) is 1. The fraction of sp³-hybridized carbons (Fsp3) is 0.0833. The average Bonchev–Trinajstić information content (AvgIpc) is 2.79. The molecule has 0 bridgehead atoms. The Hall–Kier alpha value is -1.33. The summed E-state index contributed by atoms with van der Waals surface area (Å²) in [7, 11) is 0. The van der Waals surface area contributed by atoms with Gasteiger partial charge in [0.05, 0.1) is 10.6 Å². The Kier molecular flexibility index (Phi) is 3.49. The molecule has 0 unspecified atom stereocenters. The average molecular weight is 311 g/mol. The van der Waals surface area contributed by atoms with Crippen molar-refractivity contribution in [3.8, 4) is 0 Å². The topological polar surface area (TPSA) is 55.1 Å². The molecule has 1 heterocycles. The molecule has 0 aliphatic carbocycles. The first-order chi connectivity index (χ1) is 8.08. The van der Waals surface area contributed by atoms with Crippen molar-refractivity contribution in [3.63, 3.8) is 0 Å². The van der Waals surface area contributed by atoms with Crippen LogP contribution in [0.2, 0.25) is 0 Å². The second-order valence-electron chi connectivity index (χ2n) is 3.62. The van der Waals surface area contributed by atoms with Gasteiger partial charge in [-0.2, -0.15) is 0 Å². The molecule has 0 aliphatic heterocycles. The van der Waals surface area contributed by atoms with Crippen LogP contribution in [0.1, 0.15) is 15.2 Å². The number of nitrogen functional groups attached to an aromatic ring is 1. The Morgan fingerprint density at radius 2 is 2.24 bits per heavy atom. The summed E-state index contributed by atoms with van der Waals surface area (Å²) in [6.07, 6.45) is 0. The lowest BCUT2D eigenvalue weighted by Gasteiger charge is -2.09. The van der Waals surface area contributed by atoms with Crippen molar-refractivity contribution in [1.82, 2.24) is 0 Å². The van der Waals surface area contributed by atoms with Crippen molar-refractivity contribution in [2.24, 2.45) is 0 Å². The van der Waals surface area contributed by atoms with E-state index in [2.05, 4.69) is 21.2 Å². The molecule has 2 rings (SSSR count). The first kappa shape index (κ1) is 12.1. The Balaban J connectivity index is 2.25. The summed E-state index contributed by atoms with van der Waals surface area (Å²) in [4.78, 5) is 12.5. The molecular formula is C12H11BrN2OS. The highest BCUT2D eigenvalue weighted by atomic mass is 79.9. The normalized spacial score (nSPS) is 10.2. The summed E-state index contributed by atoms with van der Waals surface area (Å²) >= 11 is 4.81. The molecule has 0 atom stereocenters. The third-order valence-corrected chi connectivity index (χ3v) is 3.87. The number of hydrogen-bond donors (Lipinski definition) is 2. The van der Waals surface area contributed by atoms with Crippen molar-refractivity contribution in [2.75, 3.05) is 11.1 Å². The third kappa shape index (κ3) is 2.68. The molecule has 3 nitrogen and oxygen atoms in total. The van der Waals surface area contributed by atoms with Gasteiger partial charge < -0.3 is 11.1 Å². The van der Waals surface area contributed by atoms with E-state index >= 15 is 0 Å². The van der Waals surface area contributed by atoms with E-state index in [4.69, 9.17) is 5.73 Å². The minimum Gasteiger partial charge on any atom is -0.398 e. The number of nitrogens with one attached hydrogen (secondary N) is 1. The molecule has 0 fully saturated rings. The van der Waals surface area contributed by atoms with Gasteiger partial charge >= 0.3 is 0 Å². The molecule has 0 spiro atoms. The molecule has 5 heteroatoms. The molecule has 0 radical (unpaired) electrons. The van der Waals surface area contributed by atoms with Gasteiger partial charge in [-0.3, -0.25) is 4.79 Å². The number of rotatable bonds is 2. The molecule has 1 amide bonds. The van der Waals surface area contributed by atoms with Gasteiger partial charge in [0.15, 0.2) is 0 Å². The second kappa shape index (κ2) is 4.89. The van der Waals surface area contributed by atoms with E-state index in [0.717, 1.165) is 10.0 Å². The smallest absolute Gasteiger partial charge is 0.265 e. The highest BCUT2D eigenvalue weighted by molar-refractivity contribution is 9.10. The number of carbonyl (C=O) groups is 1. The summed E-state index contributed by atoms with van der Waals surface area (Å²) in [5.41, 5.74) is 8.14. The number of aryl methyl sites for hydroxylation is 1. The predicted molar refractivity (Wildman–Crippen MR) is 75.6 cm³/mol. The fourth-order valence-electron chi connectivity index (χ4n) is 1.38. The van der Waals surface area contributed by atoms with Crippen molar-refractivity contribution < 1.29 is 4.79 Å². The van der Waals surface area contributed by atoms with Crippen LogP contribution < -0.4 is 11.1 Å². The Morgan fingerprint density at radius 3 is 2.88 bits per heavy atom.